The minimum atomic E-state index is -0.0354. The Morgan fingerprint density at radius 3 is 2.89 bits per heavy atom. The monoisotopic (exact) mass is 319 g/mol. The molecular weight excluding hydrogens is 305 g/mol. The first-order chi connectivity index (χ1) is 9.13. The summed E-state index contributed by atoms with van der Waals surface area (Å²) in [5, 5.41) is 0.760. The van der Waals surface area contributed by atoms with Crippen molar-refractivity contribution < 1.29 is 4.79 Å². The van der Waals surface area contributed by atoms with Gasteiger partial charge in [-0.1, -0.05) is 29.3 Å². The molecule has 0 aliphatic carbocycles. The van der Waals surface area contributed by atoms with Gasteiger partial charge in [-0.25, -0.2) is 0 Å². The zero-order chi connectivity index (χ0) is 13.8. The van der Waals surface area contributed by atoms with Crippen LogP contribution in [0.2, 0.25) is 10.0 Å². The summed E-state index contributed by atoms with van der Waals surface area (Å²) >= 11 is 17.8. The number of rotatable bonds is 3. The van der Waals surface area contributed by atoms with Gasteiger partial charge in [0.25, 0.3) is 5.91 Å². The molecular formula is C14H16Cl3NO. The molecule has 0 N–H and O–H groups in total. The molecule has 19 heavy (non-hydrogen) atoms. The summed E-state index contributed by atoms with van der Waals surface area (Å²) in [7, 11) is 0. The summed E-state index contributed by atoms with van der Waals surface area (Å²) in [4.78, 5) is 14.3. The van der Waals surface area contributed by atoms with Crippen LogP contribution in [0.4, 0.5) is 0 Å². The van der Waals surface area contributed by atoms with Crippen molar-refractivity contribution in [2.75, 3.05) is 19.0 Å². The molecule has 1 heterocycles. The normalized spacial score (nSPS) is 19.5. The van der Waals surface area contributed by atoms with Crippen LogP contribution >= 0.6 is 34.8 Å². The van der Waals surface area contributed by atoms with E-state index in [2.05, 4.69) is 0 Å². The number of amides is 1. The van der Waals surface area contributed by atoms with Crippen LogP contribution in [0.3, 0.4) is 0 Å². The van der Waals surface area contributed by atoms with E-state index in [1.165, 1.54) is 0 Å². The summed E-state index contributed by atoms with van der Waals surface area (Å²) in [5.74, 6) is 1.10. The fraction of sp³-hybridized carbons (Fsp3) is 0.500. The first-order valence-corrected chi connectivity index (χ1v) is 7.71. The van der Waals surface area contributed by atoms with Gasteiger partial charge < -0.3 is 4.90 Å². The molecule has 2 nitrogen and oxygen atoms in total. The topological polar surface area (TPSA) is 20.3 Å². The second kappa shape index (κ2) is 6.83. The molecule has 1 fully saturated rings. The highest BCUT2D eigenvalue weighted by Crippen LogP contribution is 2.28. The highest BCUT2D eigenvalue weighted by Gasteiger charge is 2.25. The Kier molecular flexibility index (Phi) is 5.37. The van der Waals surface area contributed by atoms with Gasteiger partial charge in [0.2, 0.25) is 0 Å². The second-order valence-electron chi connectivity index (χ2n) is 4.84. The minimum Gasteiger partial charge on any atom is -0.338 e. The number of alkyl halides is 1. The maximum absolute atomic E-state index is 12.5. The van der Waals surface area contributed by atoms with E-state index in [0.29, 0.717) is 27.4 Å². The molecule has 1 atom stereocenters. The van der Waals surface area contributed by atoms with Gasteiger partial charge in [0.05, 0.1) is 15.6 Å². The molecule has 1 saturated heterocycles. The van der Waals surface area contributed by atoms with Crippen molar-refractivity contribution in [3.05, 3.63) is 33.8 Å². The standard InChI is InChI=1S/C14H16Cl3NO/c15-7-6-10-3-2-8-18(9-10)14(19)11-4-1-5-12(16)13(11)17/h1,4-5,10H,2-3,6-9H2. The lowest BCUT2D eigenvalue weighted by Gasteiger charge is -2.32. The zero-order valence-corrected chi connectivity index (χ0v) is 12.8. The molecule has 1 aliphatic rings. The Balaban J connectivity index is 2.12. The molecule has 0 saturated carbocycles. The van der Waals surface area contributed by atoms with Crippen molar-refractivity contribution in [1.29, 1.82) is 0 Å². The highest BCUT2D eigenvalue weighted by molar-refractivity contribution is 6.43. The minimum absolute atomic E-state index is 0.0354. The lowest BCUT2D eigenvalue weighted by Crippen LogP contribution is -2.40. The third-order valence-corrected chi connectivity index (χ3v) is 4.54. The van der Waals surface area contributed by atoms with Crippen molar-refractivity contribution in [1.82, 2.24) is 4.90 Å². The molecule has 1 aromatic carbocycles. The Hall–Kier alpha value is -0.440. The average molecular weight is 321 g/mol. The van der Waals surface area contributed by atoms with E-state index >= 15 is 0 Å². The first kappa shape index (κ1) is 15.0. The highest BCUT2D eigenvalue weighted by atomic mass is 35.5. The third kappa shape index (κ3) is 3.56. The Morgan fingerprint density at radius 2 is 2.16 bits per heavy atom. The van der Waals surface area contributed by atoms with Gasteiger partial charge >= 0.3 is 0 Å². The van der Waals surface area contributed by atoms with Crippen LogP contribution in [0, 0.1) is 5.92 Å². The van der Waals surface area contributed by atoms with E-state index in [1.807, 2.05) is 4.90 Å². The van der Waals surface area contributed by atoms with Crippen molar-refractivity contribution in [3.63, 3.8) is 0 Å². The third-order valence-electron chi connectivity index (χ3n) is 3.51. The molecule has 1 aromatic rings. The number of carbonyl (C=O) groups is 1. The summed E-state index contributed by atoms with van der Waals surface area (Å²) in [5.41, 5.74) is 0.487. The largest absolute Gasteiger partial charge is 0.338 e. The van der Waals surface area contributed by atoms with Crippen LogP contribution in [0.1, 0.15) is 29.6 Å². The van der Waals surface area contributed by atoms with E-state index in [-0.39, 0.29) is 5.91 Å². The van der Waals surface area contributed by atoms with Gasteiger partial charge in [0.1, 0.15) is 0 Å². The number of carbonyl (C=O) groups excluding carboxylic acids is 1. The molecule has 104 valence electrons. The summed E-state index contributed by atoms with van der Waals surface area (Å²) < 4.78 is 0. The first-order valence-electron chi connectivity index (χ1n) is 6.42. The molecule has 0 radical (unpaired) electrons. The van der Waals surface area contributed by atoms with E-state index < -0.39 is 0 Å². The molecule has 5 heteroatoms. The van der Waals surface area contributed by atoms with Crippen molar-refractivity contribution in [2.45, 2.75) is 19.3 Å². The van der Waals surface area contributed by atoms with Crippen LogP contribution in [-0.2, 0) is 0 Å². The predicted octanol–water partition coefficient (Wildman–Crippen LogP) is 4.47. The maximum atomic E-state index is 12.5. The number of hydrogen-bond donors (Lipinski definition) is 0. The van der Waals surface area contributed by atoms with Gasteiger partial charge in [-0.15, -0.1) is 11.6 Å². The van der Waals surface area contributed by atoms with E-state index in [9.17, 15) is 4.79 Å². The summed E-state index contributed by atoms with van der Waals surface area (Å²) in [6, 6.07) is 5.16. The molecule has 2 rings (SSSR count). The number of likely N-dealkylation sites (tertiary alicyclic amines) is 1. The van der Waals surface area contributed by atoms with Crippen LogP contribution in [0.15, 0.2) is 18.2 Å². The van der Waals surface area contributed by atoms with E-state index in [1.54, 1.807) is 18.2 Å². The Bertz CT molecular complexity index is 462. The molecule has 0 bridgehead atoms. The number of benzene rings is 1. The SMILES string of the molecule is O=C(c1cccc(Cl)c1Cl)N1CCCC(CCCl)C1. The molecule has 0 aromatic heterocycles. The van der Waals surface area contributed by atoms with Gasteiger partial charge in [0, 0.05) is 19.0 Å². The number of hydrogen-bond acceptors (Lipinski definition) is 1. The van der Waals surface area contributed by atoms with Crippen LogP contribution in [0.5, 0.6) is 0 Å². The van der Waals surface area contributed by atoms with E-state index in [4.69, 9.17) is 34.8 Å². The van der Waals surface area contributed by atoms with Crippen molar-refractivity contribution in [2.24, 2.45) is 5.92 Å². The van der Waals surface area contributed by atoms with Crippen molar-refractivity contribution >= 4 is 40.7 Å². The average Bonchev–Trinajstić information content (AvgIpc) is 2.42. The quantitative estimate of drug-likeness (QED) is 0.752. The summed E-state index contributed by atoms with van der Waals surface area (Å²) in [6.45, 7) is 1.54. The van der Waals surface area contributed by atoms with Gasteiger partial charge in [-0.3, -0.25) is 4.79 Å². The van der Waals surface area contributed by atoms with Crippen molar-refractivity contribution in [3.8, 4) is 0 Å². The second-order valence-corrected chi connectivity index (χ2v) is 6.00. The van der Waals surface area contributed by atoms with Gasteiger partial charge in [-0.2, -0.15) is 0 Å². The molecule has 1 amide bonds. The molecule has 0 spiro atoms. The summed E-state index contributed by atoms with van der Waals surface area (Å²) in [6.07, 6.45) is 3.11. The fourth-order valence-electron chi connectivity index (χ4n) is 2.48. The van der Waals surface area contributed by atoms with Crippen LogP contribution in [-0.4, -0.2) is 29.8 Å². The molecule has 1 aliphatic heterocycles. The number of halogens is 3. The Labute approximate surface area is 128 Å². The number of nitrogens with zero attached hydrogens (tertiary/aromatic N) is 1. The smallest absolute Gasteiger partial charge is 0.255 e. The molecule has 1 unspecified atom stereocenters. The Morgan fingerprint density at radius 1 is 1.37 bits per heavy atom. The zero-order valence-electron chi connectivity index (χ0n) is 10.5. The van der Waals surface area contributed by atoms with E-state index in [0.717, 1.165) is 32.4 Å². The van der Waals surface area contributed by atoms with Gasteiger partial charge in [0.15, 0.2) is 0 Å². The van der Waals surface area contributed by atoms with Gasteiger partial charge in [-0.05, 0) is 37.3 Å². The van der Waals surface area contributed by atoms with Crippen LogP contribution < -0.4 is 0 Å². The lowest BCUT2D eigenvalue weighted by molar-refractivity contribution is 0.0672. The predicted molar refractivity (Wildman–Crippen MR) is 80.4 cm³/mol. The maximum Gasteiger partial charge on any atom is 0.255 e. The lowest BCUT2D eigenvalue weighted by atomic mass is 9.95. The number of piperidine rings is 1. The fourth-order valence-corrected chi connectivity index (χ4v) is 3.17. The van der Waals surface area contributed by atoms with Crippen LogP contribution in [0.25, 0.3) is 0 Å².